The highest BCUT2D eigenvalue weighted by Crippen LogP contribution is 2.26. The van der Waals surface area contributed by atoms with Gasteiger partial charge in [0.15, 0.2) is 0 Å². The van der Waals surface area contributed by atoms with E-state index in [1.807, 2.05) is 11.8 Å². The third-order valence-electron chi connectivity index (χ3n) is 3.37. The van der Waals surface area contributed by atoms with Gasteiger partial charge in [-0.2, -0.15) is 0 Å². The van der Waals surface area contributed by atoms with Crippen LogP contribution in [0.25, 0.3) is 0 Å². The van der Waals surface area contributed by atoms with Crippen molar-refractivity contribution in [3.63, 3.8) is 0 Å². The van der Waals surface area contributed by atoms with E-state index in [0.717, 1.165) is 5.75 Å². The van der Waals surface area contributed by atoms with Crippen LogP contribution in [-0.4, -0.2) is 0 Å². The SMILES string of the molecule is Cc1ccc(SCc2cc(C)c(C)cc2C)cc1. The lowest BCUT2D eigenvalue weighted by Crippen LogP contribution is -1.91. The molecule has 2 aromatic rings. The zero-order chi connectivity index (χ0) is 13.1. The standard InChI is InChI=1S/C17H20S/c1-12-5-7-17(8-6-12)18-11-16-10-14(3)13(2)9-15(16)4/h5-10H,11H2,1-4H3. The largest absolute Gasteiger partial charge is 0.121 e. The Morgan fingerprint density at radius 1 is 0.778 bits per heavy atom. The van der Waals surface area contributed by atoms with Crippen molar-refractivity contribution < 1.29 is 0 Å². The van der Waals surface area contributed by atoms with Crippen LogP contribution in [0.15, 0.2) is 41.3 Å². The molecule has 18 heavy (non-hydrogen) atoms. The van der Waals surface area contributed by atoms with Crippen molar-refractivity contribution in [1.82, 2.24) is 0 Å². The zero-order valence-electron chi connectivity index (χ0n) is 11.6. The molecule has 94 valence electrons. The van der Waals surface area contributed by atoms with Crippen LogP contribution in [0, 0.1) is 27.7 Å². The number of benzene rings is 2. The summed E-state index contributed by atoms with van der Waals surface area (Å²) < 4.78 is 0. The van der Waals surface area contributed by atoms with E-state index < -0.39 is 0 Å². The summed E-state index contributed by atoms with van der Waals surface area (Å²) in [6.45, 7) is 8.70. The van der Waals surface area contributed by atoms with Crippen molar-refractivity contribution in [2.75, 3.05) is 0 Å². The molecular weight excluding hydrogens is 236 g/mol. The minimum absolute atomic E-state index is 1.05. The Balaban J connectivity index is 2.10. The Kier molecular flexibility index (Phi) is 4.13. The maximum absolute atomic E-state index is 2.33. The van der Waals surface area contributed by atoms with Crippen LogP contribution in [0.5, 0.6) is 0 Å². The summed E-state index contributed by atoms with van der Waals surface area (Å²) >= 11 is 1.91. The van der Waals surface area contributed by atoms with Gasteiger partial charge in [-0.05, 0) is 62.1 Å². The summed E-state index contributed by atoms with van der Waals surface area (Å²) in [7, 11) is 0. The quantitative estimate of drug-likeness (QED) is 0.679. The fourth-order valence-corrected chi connectivity index (χ4v) is 2.93. The Morgan fingerprint density at radius 2 is 1.39 bits per heavy atom. The molecule has 2 aromatic carbocycles. The third kappa shape index (κ3) is 3.17. The van der Waals surface area contributed by atoms with Crippen LogP contribution >= 0.6 is 11.8 Å². The number of thioether (sulfide) groups is 1. The maximum atomic E-state index is 2.33. The second kappa shape index (κ2) is 5.62. The lowest BCUT2D eigenvalue weighted by Gasteiger charge is -2.09. The van der Waals surface area contributed by atoms with Gasteiger partial charge >= 0.3 is 0 Å². The summed E-state index contributed by atoms with van der Waals surface area (Å²) in [5, 5.41) is 0. The van der Waals surface area contributed by atoms with Crippen molar-refractivity contribution in [3.05, 3.63) is 64.2 Å². The third-order valence-corrected chi connectivity index (χ3v) is 4.43. The van der Waals surface area contributed by atoms with E-state index in [-0.39, 0.29) is 0 Å². The molecule has 2 rings (SSSR count). The Morgan fingerprint density at radius 3 is 2.06 bits per heavy atom. The summed E-state index contributed by atoms with van der Waals surface area (Å²) in [5.74, 6) is 1.05. The highest BCUT2D eigenvalue weighted by molar-refractivity contribution is 7.98. The van der Waals surface area contributed by atoms with E-state index >= 15 is 0 Å². The molecule has 0 nitrogen and oxygen atoms in total. The molecule has 0 aromatic heterocycles. The zero-order valence-corrected chi connectivity index (χ0v) is 12.4. The van der Waals surface area contributed by atoms with Crippen molar-refractivity contribution >= 4 is 11.8 Å². The average molecular weight is 256 g/mol. The monoisotopic (exact) mass is 256 g/mol. The van der Waals surface area contributed by atoms with Crippen LogP contribution in [0.2, 0.25) is 0 Å². The first-order chi connectivity index (χ1) is 8.56. The predicted molar refractivity (Wildman–Crippen MR) is 81.4 cm³/mol. The highest BCUT2D eigenvalue weighted by Gasteiger charge is 2.03. The first-order valence-corrected chi connectivity index (χ1v) is 7.31. The van der Waals surface area contributed by atoms with Crippen molar-refractivity contribution in [2.45, 2.75) is 38.3 Å². The van der Waals surface area contributed by atoms with Gasteiger partial charge in [-0.3, -0.25) is 0 Å². The molecule has 0 N–H and O–H groups in total. The molecule has 0 bridgehead atoms. The lowest BCUT2D eigenvalue weighted by molar-refractivity contribution is 1.22. The van der Waals surface area contributed by atoms with Gasteiger partial charge < -0.3 is 0 Å². The van der Waals surface area contributed by atoms with Gasteiger partial charge in [0, 0.05) is 10.6 Å². The van der Waals surface area contributed by atoms with Crippen LogP contribution in [0.4, 0.5) is 0 Å². The average Bonchev–Trinajstić information content (AvgIpc) is 2.34. The molecular formula is C17H20S. The predicted octanol–water partition coefficient (Wildman–Crippen LogP) is 5.21. The maximum Gasteiger partial charge on any atom is 0.0234 e. The molecule has 0 unspecified atom stereocenters. The number of hydrogen-bond acceptors (Lipinski definition) is 1. The Labute approximate surface area is 114 Å². The van der Waals surface area contributed by atoms with Gasteiger partial charge in [-0.15, -0.1) is 11.8 Å². The van der Waals surface area contributed by atoms with Crippen LogP contribution in [-0.2, 0) is 5.75 Å². The van der Waals surface area contributed by atoms with E-state index in [9.17, 15) is 0 Å². The molecule has 0 radical (unpaired) electrons. The molecule has 0 aliphatic heterocycles. The van der Waals surface area contributed by atoms with Crippen molar-refractivity contribution in [3.8, 4) is 0 Å². The smallest absolute Gasteiger partial charge is 0.0234 e. The number of hydrogen-bond donors (Lipinski definition) is 0. The molecule has 0 atom stereocenters. The van der Waals surface area contributed by atoms with Crippen LogP contribution < -0.4 is 0 Å². The van der Waals surface area contributed by atoms with Gasteiger partial charge in [-0.25, -0.2) is 0 Å². The lowest BCUT2D eigenvalue weighted by atomic mass is 10.0. The van der Waals surface area contributed by atoms with Crippen molar-refractivity contribution in [1.29, 1.82) is 0 Å². The summed E-state index contributed by atoms with van der Waals surface area (Å²) in [5.41, 5.74) is 6.94. The molecule has 0 aliphatic rings. The molecule has 0 saturated heterocycles. The summed E-state index contributed by atoms with van der Waals surface area (Å²) in [6, 6.07) is 13.4. The first-order valence-electron chi connectivity index (χ1n) is 6.32. The van der Waals surface area contributed by atoms with Gasteiger partial charge in [0.2, 0.25) is 0 Å². The fraction of sp³-hybridized carbons (Fsp3) is 0.294. The van der Waals surface area contributed by atoms with Crippen molar-refractivity contribution in [2.24, 2.45) is 0 Å². The van der Waals surface area contributed by atoms with E-state index in [1.54, 1.807) is 0 Å². The minimum atomic E-state index is 1.05. The highest BCUT2D eigenvalue weighted by atomic mass is 32.2. The second-order valence-corrected chi connectivity index (χ2v) is 6.01. The normalized spacial score (nSPS) is 10.7. The van der Waals surface area contributed by atoms with Gasteiger partial charge in [0.25, 0.3) is 0 Å². The molecule has 0 aliphatic carbocycles. The Bertz CT molecular complexity index is 538. The summed E-state index contributed by atoms with van der Waals surface area (Å²) in [6.07, 6.45) is 0. The number of rotatable bonds is 3. The molecule has 0 heterocycles. The fourth-order valence-electron chi connectivity index (χ4n) is 1.97. The van der Waals surface area contributed by atoms with E-state index in [1.165, 1.54) is 32.7 Å². The molecule has 0 spiro atoms. The van der Waals surface area contributed by atoms with Gasteiger partial charge in [0.05, 0.1) is 0 Å². The molecule has 1 heteroatoms. The molecule has 0 saturated carbocycles. The first kappa shape index (κ1) is 13.2. The van der Waals surface area contributed by atoms with Gasteiger partial charge in [0.1, 0.15) is 0 Å². The Hall–Kier alpha value is -1.21. The summed E-state index contributed by atoms with van der Waals surface area (Å²) in [4.78, 5) is 1.35. The van der Waals surface area contributed by atoms with E-state index in [2.05, 4.69) is 64.1 Å². The van der Waals surface area contributed by atoms with Crippen LogP contribution in [0.1, 0.15) is 27.8 Å². The van der Waals surface area contributed by atoms with E-state index in [0.29, 0.717) is 0 Å². The minimum Gasteiger partial charge on any atom is -0.121 e. The number of aryl methyl sites for hydroxylation is 4. The second-order valence-electron chi connectivity index (χ2n) is 4.96. The molecule has 0 fully saturated rings. The van der Waals surface area contributed by atoms with Crippen LogP contribution in [0.3, 0.4) is 0 Å². The molecule has 0 amide bonds. The van der Waals surface area contributed by atoms with Gasteiger partial charge in [-0.1, -0.05) is 29.8 Å². The topological polar surface area (TPSA) is 0 Å². The van der Waals surface area contributed by atoms with E-state index in [4.69, 9.17) is 0 Å².